The van der Waals surface area contributed by atoms with Gasteiger partial charge in [0.2, 0.25) is 0 Å². The molecule has 0 unspecified atom stereocenters. The van der Waals surface area contributed by atoms with Crippen molar-refractivity contribution >= 4 is 51.5 Å². The first-order chi connectivity index (χ1) is 11.8. The van der Waals surface area contributed by atoms with Crippen LogP contribution in [0.25, 0.3) is 21.0 Å². The van der Waals surface area contributed by atoms with Gasteiger partial charge < -0.3 is 15.1 Å². The Bertz CT molecular complexity index is 836. The maximum absolute atomic E-state index is 5.93. The highest BCUT2D eigenvalue weighted by Gasteiger charge is 2.22. The van der Waals surface area contributed by atoms with Gasteiger partial charge in [-0.3, -0.25) is 0 Å². The summed E-state index contributed by atoms with van der Waals surface area (Å²) >= 11 is 1.65. The molecule has 0 spiro atoms. The van der Waals surface area contributed by atoms with E-state index in [1.165, 1.54) is 17.5 Å². The zero-order chi connectivity index (χ0) is 16.4. The lowest BCUT2D eigenvalue weighted by atomic mass is 10.3. The summed E-state index contributed by atoms with van der Waals surface area (Å²) in [5, 5.41) is 7.58. The fourth-order valence-electron chi connectivity index (χ4n) is 2.45. The average Bonchev–Trinajstić information content (AvgIpc) is 3.12. The summed E-state index contributed by atoms with van der Waals surface area (Å²) in [7, 11) is 0. The SMILES string of the molecule is CCNC(=NCc1ccc(-c2nc3ccccc3s2)o1)NC1CC1.I. The molecule has 1 fully saturated rings. The van der Waals surface area contributed by atoms with Gasteiger partial charge in [-0.1, -0.05) is 12.1 Å². The second-order valence-electron chi connectivity index (χ2n) is 5.87. The summed E-state index contributed by atoms with van der Waals surface area (Å²) in [4.78, 5) is 9.23. The summed E-state index contributed by atoms with van der Waals surface area (Å²) in [5.74, 6) is 2.51. The number of hydrogen-bond acceptors (Lipinski definition) is 4. The molecule has 0 bridgehead atoms. The Kier molecular flexibility index (Phi) is 5.95. The number of rotatable bonds is 5. The van der Waals surface area contributed by atoms with E-state index in [4.69, 9.17) is 4.42 Å². The summed E-state index contributed by atoms with van der Waals surface area (Å²) in [6.45, 7) is 3.45. The Balaban J connectivity index is 0.00000182. The molecule has 4 rings (SSSR count). The second kappa shape index (κ2) is 8.18. The van der Waals surface area contributed by atoms with E-state index in [0.29, 0.717) is 12.6 Å². The van der Waals surface area contributed by atoms with Crippen LogP contribution in [0.5, 0.6) is 0 Å². The molecule has 2 aromatic heterocycles. The summed E-state index contributed by atoms with van der Waals surface area (Å²) in [6.07, 6.45) is 2.46. The van der Waals surface area contributed by atoms with Gasteiger partial charge in [0.05, 0.1) is 10.2 Å². The van der Waals surface area contributed by atoms with Crippen LogP contribution in [0, 0.1) is 0 Å². The maximum atomic E-state index is 5.93. The number of aliphatic imine (C=N–C) groups is 1. The number of para-hydroxylation sites is 1. The number of benzene rings is 1. The second-order valence-corrected chi connectivity index (χ2v) is 6.90. The average molecular weight is 468 g/mol. The van der Waals surface area contributed by atoms with E-state index in [-0.39, 0.29) is 24.0 Å². The van der Waals surface area contributed by atoms with Crippen LogP contribution in [-0.2, 0) is 6.54 Å². The molecular formula is C18H21IN4OS. The molecule has 0 atom stereocenters. The number of aromatic nitrogens is 1. The van der Waals surface area contributed by atoms with Gasteiger partial charge in [-0.25, -0.2) is 9.98 Å². The molecule has 1 aliphatic rings. The van der Waals surface area contributed by atoms with Crippen molar-refractivity contribution in [1.82, 2.24) is 15.6 Å². The van der Waals surface area contributed by atoms with Crippen molar-refractivity contribution in [2.75, 3.05) is 6.54 Å². The highest BCUT2D eigenvalue weighted by molar-refractivity contribution is 14.0. The standard InChI is InChI=1S/C18H20N4OS.HI/c1-2-19-18(21-12-7-8-12)20-11-13-9-10-15(23-13)17-22-14-5-3-4-6-16(14)24-17;/h3-6,9-10,12H,2,7-8,11H2,1H3,(H2,19,20,21);1H. The first-order valence-electron chi connectivity index (χ1n) is 8.31. The van der Waals surface area contributed by atoms with E-state index in [9.17, 15) is 0 Å². The van der Waals surface area contributed by atoms with Gasteiger partial charge in [0.25, 0.3) is 0 Å². The largest absolute Gasteiger partial charge is 0.457 e. The molecule has 3 aromatic rings. The topological polar surface area (TPSA) is 62.5 Å². The Labute approximate surface area is 168 Å². The molecular weight excluding hydrogens is 447 g/mol. The zero-order valence-electron chi connectivity index (χ0n) is 14.0. The van der Waals surface area contributed by atoms with Crippen molar-refractivity contribution in [3.05, 3.63) is 42.2 Å². The minimum Gasteiger partial charge on any atom is -0.457 e. The maximum Gasteiger partial charge on any atom is 0.191 e. The van der Waals surface area contributed by atoms with E-state index >= 15 is 0 Å². The molecule has 1 aromatic carbocycles. The van der Waals surface area contributed by atoms with E-state index in [0.717, 1.165) is 34.5 Å². The van der Waals surface area contributed by atoms with Gasteiger partial charge in [-0.2, -0.15) is 0 Å². The summed E-state index contributed by atoms with van der Waals surface area (Å²) in [6, 6.07) is 12.7. The first-order valence-corrected chi connectivity index (χ1v) is 9.13. The number of nitrogens with zero attached hydrogens (tertiary/aromatic N) is 2. The number of thiazole rings is 1. The quantitative estimate of drug-likeness (QED) is 0.331. The zero-order valence-corrected chi connectivity index (χ0v) is 17.1. The number of furan rings is 1. The van der Waals surface area contributed by atoms with Crippen LogP contribution in [0.2, 0.25) is 0 Å². The lowest BCUT2D eigenvalue weighted by Gasteiger charge is -2.09. The summed E-state index contributed by atoms with van der Waals surface area (Å²) in [5.41, 5.74) is 1.01. The molecule has 0 saturated heterocycles. The van der Waals surface area contributed by atoms with Crippen molar-refractivity contribution < 1.29 is 4.42 Å². The third-order valence-corrected chi connectivity index (χ3v) is 4.87. The van der Waals surface area contributed by atoms with Crippen LogP contribution < -0.4 is 10.6 Å². The van der Waals surface area contributed by atoms with Crippen molar-refractivity contribution in [1.29, 1.82) is 0 Å². The molecule has 2 heterocycles. The van der Waals surface area contributed by atoms with E-state index < -0.39 is 0 Å². The lowest BCUT2D eigenvalue weighted by molar-refractivity contribution is 0.524. The van der Waals surface area contributed by atoms with Gasteiger partial charge in [0, 0.05) is 12.6 Å². The molecule has 132 valence electrons. The van der Waals surface area contributed by atoms with Crippen molar-refractivity contribution in [3.63, 3.8) is 0 Å². The Morgan fingerprint density at radius 1 is 1.28 bits per heavy atom. The minimum atomic E-state index is 0. The van der Waals surface area contributed by atoms with E-state index in [2.05, 4.69) is 33.6 Å². The monoisotopic (exact) mass is 468 g/mol. The summed E-state index contributed by atoms with van der Waals surface area (Å²) < 4.78 is 7.11. The van der Waals surface area contributed by atoms with Crippen LogP contribution in [-0.4, -0.2) is 23.5 Å². The van der Waals surface area contributed by atoms with Crippen LogP contribution in [0.1, 0.15) is 25.5 Å². The molecule has 0 aliphatic heterocycles. The van der Waals surface area contributed by atoms with Crippen LogP contribution in [0.15, 0.2) is 45.8 Å². The molecule has 1 aliphatic carbocycles. The predicted octanol–water partition coefficient (Wildman–Crippen LogP) is 4.39. The number of guanidine groups is 1. The van der Waals surface area contributed by atoms with Crippen LogP contribution >= 0.6 is 35.3 Å². The Hall–Kier alpha value is -1.61. The Morgan fingerprint density at radius 3 is 2.88 bits per heavy atom. The van der Waals surface area contributed by atoms with Crippen LogP contribution in [0.3, 0.4) is 0 Å². The van der Waals surface area contributed by atoms with E-state index in [1.54, 1.807) is 11.3 Å². The van der Waals surface area contributed by atoms with Gasteiger partial charge in [-0.15, -0.1) is 35.3 Å². The fourth-order valence-corrected chi connectivity index (χ4v) is 3.38. The highest BCUT2D eigenvalue weighted by atomic mass is 127. The van der Waals surface area contributed by atoms with Gasteiger partial charge in [0.15, 0.2) is 16.7 Å². The smallest absolute Gasteiger partial charge is 0.191 e. The molecule has 2 N–H and O–H groups in total. The number of fused-ring (bicyclic) bond motifs is 1. The van der Waals surface area contributed by atoms with E-state index in [1.807, 2.05) is 30.3 Å². The van der Waals surface area contributed by atoms with Crippen molar-refractivity contribution in [2.24, 2.45) is 4.99 Å². The number of halogens is 1. The number of nitrogens with one attached hydrogen (secondary N) is 2. The van der Waals surface area contributed by atoms with Crippen molar-refractivity contribution in [3.8, 4) is 10.8 Å². The molecule has 0 amide bonds. The molecule has 1 saturated carbocycles. The highest BCUT2D eigenvalue weighted by Crippen LogP contribution is 2.31. The number of hydrogen-bond donors (Lipinski definition) is 2. The first kappa shape index (κ1) is 18.2. The van der Waals surface area contributed by atoms with Gasteiger partial charge >= 0.3 is 0 Å². The van der Waals surface area contributed by atoms with Gasteiger partial charge in [0.1, 0.15) is 12.3 Å². The predicted molar refractivity (Wildman–Crippen MR) is 114 cm³/mol. The normalized spacial score (nSPS) is 14.4. The van der Waals surface area contributed by atoms with Crippen LogP contribution in [0.4, 0.5) is 0 Å². The Morgan fingerprint density at radius 2 is 2.12 bits per heavy atom. The molecule has 0 radical (unpaired) electrons. The van der Waals surface area contributed by atoms with Crippen molar-refractivity contribution in [2.45, 2.75) is 32.4 Å². The third kappa shape index (κ3) is 4.52. The third-order valence-electron chi connectivity index (χ3n) is 3.82. The minimum absolute atomic E-state index is 0. The lowest BCUT2D eigenvalue weighted by Crippen LogP contribution is -2.38. The van der Waals surface area contributed by atoms with Gasteiger partial charge in [-0.05, 0) is 44.0 Å². The molecule has 25 heavy (non-hydrogen) atoms. The molecule has 5 nitrogen and oxygen atoms in total. The molecule has 7 heteroatoms. The fraction of sp³-hybridized carbons (Fsp3) is 0.333.